The van der Waals surface area contributed by atoms with E-state index in [4.69, 9.17) is 4.74 Å². The molecule has 1 aromatic heterocycles. The average Bonchev–Trinajstić information content (AvgIpc) is 2.67. The van der Waals surface area contributed by atoms with E-state index >= 15 is 0 Å². The number of piperazine rings is 1. The Bertz CT molecular complexity index is 546. The van der Waals surface area contributed by atoms with Crippen LogP contribution in [0.25, 0.3) is 0 Å². The second-order valence-corrected chi connectivity index (χ2v) is 8.83. The zero-order valence-corrected chi connectivity index (χ0v) is 17.3. The van der Waals surface area contributed by atoms with E-state index in [-0.39, 0.29) is 0 Å². The van der Waals surface area contributed by atoms with Crippen molar-refractivity contribution in [3.05, 3.63) is 24.4 Å². The van der Waals surface area contributed by atoms with Crippen molar-refractivity contribution >= 4 is 5.82 Å². The number of nitrogens with zero attached hydrogens (tertiary/aromatic N) is 3. The molecule has 0 unspecified atom stereocenters. The summed E-state index contributed by atoms with van der Waals surface area (Å²) >= 11 is 0. The lowest BCUT2D eigenvalue weighted by molar-refractivity contribution is -0.0740. The number of aliphatic hydroxyl groups excluding tert-OH is 1. The SMILES string of the molecule is CC(C)[C@@H]1CC[C@H](C)C[C@H]1OC[C@H](O)CN1CCN(c2ccccn2)CC1. The summed E-state index contributed by atoms with van der Waals surface area (Å²) < 4.78 is 6.22. The summed E-state index contributed by atoms with van der Waals surface area (Å²) in [5.74, 6) is 3.07. The summed E-state index contributed by atoms with van der Waals surface area (Å²) in [7, 11) is 0. The second-order valence-electron chi connectivity index (χ2n) is 8.83. The van der Waals surface area contributed by atoms with Gasteiger partial charge in [-0.05, 0) is 42.7 Å². The Labute approximate surface area is 164 Å². The van der Waals surface area contributed by atoms with Crippen LogP contribution in [0.15, 0.2) is 24.4 Å². The van der Waals surface area contributed by atoms with Gasteiger partial charge in [0.05, 0.1) is 18.8 Å². The van der Waals surface area contributed by atoms with Crippen LogP contribution in [0.5, 0.6) is 0 Å². The average molecular weight is 376 g/mol. The zero-order chi connectivity index (χ0) is 19.2. The summed E-state index contributed by atoms with van der Waals surface area (Å²) in [6, 6.07) is 6.05. The maximum atomic E-state index is 10.5. The first-order valence-corrected chi connectivity index (χ1v) is 10.7. The van der Waals surface area contributed by atoms with E-state index in [0.29, 0.717) is 31.1 Å². The molecule has 27 heavy (non-hydrogen) atoms. The maximum Gasteiger partial charge on any atom is 0.128 e. The topological polar surface area (TPSA) is 48.8 Å². The standard InChI is InChI=1S/C22H37N3O2/c1-17(2)20-8-7-18(3)14-21(20)27-16-19(26)15-24-10-12-25(13-11-24)22-6-4-5-9-23-22/h4-6,9,17-21,26H,7-8,10-16H2,1-3H3/t18-,19+,20-,21+/m0/s1. The number of aromatic nitrogens is 1. The van der Waals surface area contributed by atoms with Crippen molar-refractivity contribution < 1.29 is 9.84 Å². The minimum Gasteiger partial charge on any atom is -0.389 e. The van der Waals surface area contributed by atoms with E-state index in [1.54, 1.807) is 0 Å². The first-order chi connectivity index (χ1) is 13.0. The summed E-state index contributed by atoms with van der Waals surface area (Å²) in [6.45, 7) is 11.9. The summed E-state index contributed by atoms with van der Waals surface area (Å²) in [6.07, 6.45) is 5.46. The van der Waals surface area contributed by atoms with Crippen molar-refractivity contribution in [3.63, 3.8) is 0 Å². The van der Waals surface area contributed by atoms with Gasteiger partial charge in [0.25, 0.3) is 0 Å². The van der Waals surface area contributed by atoms with Crippen LogP contribution in [-0.2, 0) is 4.74 Å². The van der Waals surface area contributed by atoms with Crippen LogP contribution in [0.3, 0.4) is 0 Å². The van der Waals surface area contributed by atoms with Crippen LogP contribution in [0.2, 0.25) is 0 Å². The number of aliphatic hydroxyl groups is 1. The second kappa shape index (κ2) is 9.85. The molecule has 1 N–H and O–H groups in total. The van der Waals surface area contributed by atoms with Gasteiger partial charge in [-0.15, -0.1) is 0 Å². The molecule has 4 atom stereocenters. The van der Waals surface area contributed by atoms with Crippen molar-refractivity contribution in [2.24, 2.45) is 17.8 Å². The highest BCUT2D eigenvalue weighted by Gasteiger charge is 2.32. The molecule has 0 aromatic carbocycles. The van der Waals surface area contributed by atoms with Gasteiger partial charge in [-0.1, -0.05) is 33.3 Å². The number of anilines is 1. The lowest BCUT2D eigenvalue weighted by Crippen LogP contribution is -2.49. The van der Waals surface area contributed by atoms with Gasteiger partial charge in [0.2, 0.25) is 0 Å². The smallest absolute Gasteiger partial charge is 0.128 e. The monoisotopic (exact) mass is 375 g/mol. The summed E-state index contributed by atoms with van der Waals surface area (Å²) in [4.78, 5) is 9.09. The van der Waals surface area contributed by atoms with Gasteiger partial charge in [-0.25, -0.2) is 4.98 Å². The number of rotatable bonds is 7. The molecule has 1 aliphatic heterocycles. The molecule has 2 heterocycles. The molecule has 1 aliphatic carbocycles. The molecule has 5 nitrogen and oxygen atoms in total. The molecule has 3 rings (SSSR count). The molecular formula is C22H37N3O2. The fourth-order valence-electron chi connectivity index (χ4n) is 4.59. The Morgan fingerprint density at radius 2 is 1.96 bits per heavy atom. The van der Waals surface area contributed by atoms with Gasteiger partial charge in [0.15, 0.2) is 0 Å². The molecule has 1 saturated heterocycles. The van der Waals surface area contributed by atoms with Gasteiger partial charge in [-0.3, -0.25) is 4.90 Å². The van der Waals surface area contributed by atoms with E-state index in [1.807, 2.05) is 18.3 Å². The molecule has 0 radical (unpaired) electrons. The Balaban J connectivity index is 1.40. The molecule has 0 spiro atoms. The number of pyridine rings is 1. The molecule has 1 aromatic rings. The highest BCUT2D eigenvalue weighted by molar-refractivity contribution is 5.38. The summed E-state index contributed by atoms with van der Waals surface area (Å²) in [5.41, 5.74) is 0. The molecule has 1 saturated carbocycles. The number of β-amino-alcohol motifs (C(OH)–C–C–N with tert-alkyl or cyclic N) is 1. The van der Waals surface area contributed by atoms with Crippen LogP contribution >= 0.6 is 0 Å². The van der Waals surface area contributed by atoms with Gasteiger partial charge in [0.1, 0.15) is 5.82 Å². The minimum atomic E-state index is -0.406. The van der Waals surface area contributed by atoms with Crippen molar-refractivity contribution in [2.45, 2.75) is 52.2 Å². The van der Waals surface area contributed by atoms with Crippen LogP contribution in [-0.4, -0.2) is 66.5 Å². The first-order valence-electron chi connectivity index (χ1n) is 10.7. The lowest BCUT2D eigenvalue weighted by atomic mass is 9.75. The highest BCUT2D eigenvalue weighted by atomic mass is 16.5. The molecule has 2 fully saturated rings. The molecule has 5 heteroatoms. The third-order valence-electron chi connectivity index (χ3n) is 6.28. The molecule has 0 bridgehead atoms. The van der Waals surface area contributed by atoms with Crippen molar-refractivity contribution in [1.29, 1.82) is 0 Å². The fraction of sp³-hybridized carbons (Fsp3) is 0.773. The van der Waals surface area contributed by atoms with E-state index in [0.717, 1.165) is 44.3 Å². The van der Waals surface area contributed by atoms with Crippen molar-refractivity contribution in [1.82, 2.24) is 9.88 Å². The quantitative estimate of drug-likeness (QED) is 0.794. The van der Waals surface area contributed by atoms with Gasteiger partial charge in [0, 0.05) is 38.9 Å². The van der Waals surface area contributed by atoms with E-state index < -0.39 is 6.10 Å². The number of hydrogen-bond acceptors (Lipinski definition) is 5. The van der Waals surface area contributed by atoms with Crippen molar-refractivity contribution in [2.75, 3.05) is 44.2 Å². The van der Waals surface area contributed by atoms with E-state index in [2.05, 4.69) is 41.6 Å². The lowest BCUT2D eigenvalue weighted by Gasteiger charge is -2.38. The molecule has 0 amide bonds. The predicted octanol–water partition coefficient (Wildman–Crippen LogP) is 3.04. The molecule has 2 aliphatic rings. The van der Waals surface area contributed by atoms with Gasteiger partial charge in [-0.2, -0.15) is 0 Å². The van der Waals surface area contributed by atoms with Crippen LogP contribution < -0.4 is 4.90 Å². The van der Waals surface area contributed by atoms with E-state index in [1.165, 1.54) is 12.8 Å². The largest absolute Gasteiger partial charge is 0.389 e. The predicted molar refractivity (Wildman–Crippen MR) is 110 cm³/mol. The normalized spacial score (nSPS) is 28.5. The third-order valence-corrected chi connectivity index (χ3v) is 6.28. The summed E-state index contributed by atoms with van der Waals surface area (Å²) in [5, 5.41) is 10.5. The Morgan fingerprint density at radius 1 is 1.19 bits per heavy atom. The van der Waals surface area contributed by atoms with Crippen LogP contribution in [0.4, 0.5) is 5.82 Å². The fourth-order valence-corrected chi connectivity index (χ4v) is 4.59. The van der Waals surface area contributed by atoms with Crippen LogP contribution in [0.1, 0.15) is 40.0 Å². The zero-order valence-electron chi connectivity index (χ0n) is 17.3. The Hall–Kier alpha value is -1.17. The van der Waals surface area contributed by atoms with E-state index in [9.17, 15) is 5.11 Å². The Morgan fingerprint density at radius 3 is 2.63 bits per heavy atom. The highest BCUT2D eigenvalue weighted by Crippen LogP contribution is 2.35. The Kier molecular flexibility index (Phi) is 7.50. The number of ether oxygens (including phenoxy) is 1. The van der Waals surface area contributed by atoms with Gasteiger partial charge >= 0.3 is 0 Å². The van der Waals surface area contributed by atoms with Crippen molar-refractivity contribution in [3.8, 4) is 0 Å². The van der Waals surface area contributed by atoms with Gasteiger partial charge < -0.3 is 14.7 Å². The maximum absolute atomic E-state index is 10.5. The first kappa shape index (κ1) is 20.6. The molecular weight excluding hydrogens is 338 g/mol. The van der Waals surface area contributed by atoms with Crippen LogP contribution in [0, 0.1) is 17.8 Å². The minimum absolute atomic E-state index is 0.310. The third kappa shape index (κ3) is 5.90. The molecule has 152 valence electrons. The number of hydrogen-bond donors (Lipinski definition) is 1.